The van der Waals surface area contributed by atoms with Gasteiger partial charge in [-0.3, -0.25) is 9.78 Å². The molecule has 1 amide bonds. The Bertz CT molecular complexity index is 1210. The van der Waals surface area contributed by atoms with E-state index in [1.807, 2.05) is 0 Å². The number of carbonyl (C=O) groups excluding carboxylic acids is 1. The van der Waals surface area contributed by atoms with E-state index in [0.29, 0.717) is 23.0 Å². The van der Waals surface area contributed by atoms with Crippen LogP contribution in [-0.2, 0) is 12.6 Å². The van der Waals surface area contributed by atoms with E-state index in [1.54, 1.807) is 48.8 Å². The zero-order chi connectivity index (χ0) is 21.8. The van der Waals surface area contributed by atoms with Gasteiger partial charge in [0.2, 0.25) is 11.7 Å². The fourth-order valence-electron chi connectivity index (χ4n) is 2.94. The van der Waals surface area contributed by atoms with Gasteiger partial charge in [0.05, 0.1) is 12.0 Å². The summed E-state index contributed by atoms with van der Waals surface area (Å²) in [4.78, 5) is 20.8. The lowest BCUT2D eigenvalue weighted by molar-refractivity contribution is -0.137. The Labute approximate surface area is 174 Å². The topological polar surface area (TPSA) is 80.9 Å². The first kappa shape index (κ1) is 20.3. The van der Waals surface area contributed by atoms with Crippen LogP contribution < -0.4 is 5.32 Å². The fourth-order valence-corrected chi connectivity index (χ4v) is 2.94. The van der Waals surface area contributed by atoms with Crippen molar-refractivity contribution in [3.8, 4) is 11.4 Å². The molecule has 0 saturated carbocycles. The lowest BCUT2D eigenvalue weighted by Gasteiger charge is -2.11. The van der Waals surface area contributed by atoms with Crippen molar-refractivity contribution in [3.05, 3.63) is 95.6 Å². The van der Waals surface area contributed by atoms with Gasteiger partial charge in [0, 0.05) is 29.2 Å². The third kappa shape index (κ3) is 4.77. The van der Waals surface area contributed by atoms with Gasteiger partial charge in [0.15, 0.2) is 0 Å². The average Bonchev–Trinajstić information content (AvgIpc) is 3.24. The number of amides is 1. The Morgan fingerprint density at radius 1 is 1.00 bits per heavy atom. The maximum Gasteiger partial charge on any atom is 0.416 e. The van der Waals surface area contributed by atoms with Crippen LogP contribution in [0.5, 0.6) is 0 Å². The molecule has 0 atom stereocenters. The van der Waals surface area contributed by atoms with Crippen molar-refractivity contribution in [1.29, 1.82) is 0 Å². The highest BCUT2D eigenvalue weighted by Crippen LogP contribution is 2.30. The van der Waals surface area contributed by atoms with Gasteiger partial charge < -0.3 is 9.84 Å². The number of nitrogens with zero attached hydrogens (tertiary/aromatic N) is 3. The Hall–Kier alpha value is -4.01. The number of hydrogen-bond acceptors (Lipinski definition) is 5. The van der Waals surface area contributed by atoms with Crippen LogP contribution in [0.25, 0.3) is 11.4 Å². The van der Waals surface area contributed by atoms with Crippen LogP contribution in [0.15, 0.2) is 77.6 Å². The second-order valence-electron chi connectivity index (χ2n) is 6.61. The molecule has 6 nitrogen and oxygen atoms in total. The van der Waals surface area contributed by atoms with Gasteiger partial charge in [-0.15, -0.1) is 0 Å². The summed E-state index contributed by atoms with van der Waals surface area (Å²) in [6.07, 6.45) is -1.07. The molecular weight excluding hydrogens is 409 g/mol. The number of carbonyl (C=O) groups is 1. The van der Waals surface area contributed by atoms with Gasteiger partial charge >= 0.3 is 6.18 Å². The summed E-state index contributed by atoms with van der Waals surface area (Å²) in [5, 5.41) is 6.61. The van der Waals surface area contributed by atoms with Gasteiger partial charge in [0.1, 0.15) is 0 Å². The molecule has 0 fully saturated rings. The summed E-state index contributed by atoms with van der Waals surface area (Å²) < 4.78 is 44.1. The number of benzene rings is 2. The quantitative estimate of drug-likeness (QED) is 0.488. The highest BCUT2D eigenvalue weighted by atomic mass is 19.4. The molecule has 2 aromatic carbocycles. The molecule has 2 aromatic heterocycles. The van der Waals surface area contributed by atoms with Crippen LogP contribution in [-0.4, -0.2) is 21.0 Å². The first-order valence-corrected chi connectivity index (χ1v) is 9.19. The second kappa shape index (κ2) is 8.39. The van der Waals surface area contributed by atoms with E-state index in [2.05, 4.69) is 20.4 Å². The minimum absolute atomic E-state index is 0.0950. The average molecular weight is 424 g/mol. The van der Waals surface area contributed by atoms with Crippen molar-refractivity contribution in [1.82, 2.24) is 15.1 Å². The molecule has 0 bridgehead atoms. The number of pyridine rings is 1. The lowest BCUT2D eigenvalue weighted by atomic mass is 10.1. The number of nitrogens with one attached hydrogen (secondary N) is 1. The van der Waals surface area contributed by atoms with Crippen molar-refractivity contribution in [2.24, 2.45) is 0 Å². The summed E-state index contributed by atoms with van der Waals surface area (Å²) >= 11 is 0. The predicted molar refractivity (Wildman–Crippen MR) is 106 cm³/mol. The van der Waals surface area contributed by atoms with Gasteiger partial charge in [-0.05, 0) is 42.0 Å². The summed E-state index contributed by atoms with van der Waals surface area (Å²) in [6, 6.07) is 14.7. The zero-order valence-electron chi connectivity index (χ0n) is 15.9. The number of halogens is 3. The molecular formula is C22H15F3N4O2. The number of hydrogen-bond donors (Lipinski definition) is 1. The molecule has 0 unspecified atom stereocenters. The summed E-state index contributed by atoms with van der Waals surface area (Å²) in [6.45, 7) is 0. The zero-order valence-corrected chi connectivity index (χ0v) is 15.9. The summed E-state index contributed by atoms with van der Waals surface area (Å²) in [5.74, 6) is 0.0806. The molecule has 1 N–H and O–H groups in total. The van der Waals surface area contributed by atoms with Gasteiger partial charge in [0.25, 0.3) is 5.91 Å². The molecule has 31 heavy (non-hydrogen) atoms. The third-order valence-electron chi connectivity index (χ3n) is 4.47. The normalized spacial score (nSPS) is 11.3. The smallest absolute Gasteiger partial charge is 0.339 e. The van der Waals surface area contributed by atoms with E-state index in [9.17, 15) is 18.0 Å². The minimum Gasteiger partial charge on any atom is -0.339 e. The number of para-hydroxylation sites is 1. The first-order chi connectivity index (χ1) is 14.9. The van der Waals surface area contributed by atoms with Gasteiger partial charge in [-0.25, -0.2) is 0 Å². The van der Waals surface area contributed by atoms with Crippen molar-refractivity contribution in [3.63, 3.8) is 0 Å². The molecule has 0 aliphatic carbocycles. The van der Waals surface area contributed by atoms with E-state index in [0.717, 1.165) is 17.7 Å². The lowest BCUT2D eigenvalue weighted by Crippen LogP contribution is -2.15. The molecule has 0 saturated heterocycles. The van der Waals surface area contributed by atoms with Crippen LogP contribution in [0.4, 0.5) is 18.9 Å². The van der Waals surface area contributed by atoms with Gasteiger partial charge in [-0.2, -0.15) is 18.2 Å². The Morgan fingerprint density at radius 3 is 2.55 bits per heavy atom. The molecule has 156 valence electrons. The Kier molecular flexibility index (Phi) is 5.48. The first-order valence-electron chi connectivity index (χ1n) is 9.19. The SMILES string of the molecule is O=C(Nc1ccccc1Cc1nc(-c2ccncc2)no1)c1cccc(C(F)(F)F)c1. The number of aromatic nitrogens is 3. The van der Waals surface area contributed by atoms with E-state index < -0.39 is 17.6 Å². The molecule has 0 spiro atoms. The van der Waals surface area contributed by atoms with Crippen LogP contribution in [0, 0.1) is 0 Å². The minimum atomic E-state index is -4.53. The van der Waals surface area contributed by atoms with Crippen LogP contribution in [0.2, 0.25) is 0 Å². The van der Waals surface area contributed by atoms with Crippen LogP contribution >= 0.6 is 0 Å². The van der Waals surface area contributed by atoms with Crippen LogP contribution in [0.1, 0.15) is 27.4 Å². The highest BCUT2D eigenvalue weighted by molar-refractivity contribution is 6.04. The largest absolute Gasteiger partial charge is 0.416 e. The van der Waals surface area contributed by atoms with Crippen LogP contribution in [0.3, 0.4) is 0 Å². The monoisotopic (exact) mass is 424 g/mol. The highest BCUT2D eigenvalue weighted by Gasteiger charge is 2.31. The van der Waals surface area contributed by atoms with E-state index >= 15 is 0 Å². The summed E-state index contributed by atoms with van der Waals surface area (Å²) in [5.41, 5.74) is 0.878. The second-order valence-corrected chi connectivity index (χ2v) is 6.61. The number of anilines is 1. The number of alkyl halides is 3. The predicted octanol–water partition coefficient (Wildman–Crippen LogP) is 4.99. The van der Waals surface area contributed by atoms with Crippen molar-refractivity contribution in [2.75, 3.05) is 5.32 Å². The molecule has 0 radical (unpaired) electrons. The molecule has 4 rings (SSSR count). The maximum atomic E-state index is 12.9. The van der Waals surface area contributed by atoms with Crippen molar-refractivity contribution < 1.29 is 22.5 Å². The Morgan fingerprint density at radius 2 is 1.77 bits per heavy atom. The van der Waals surface area contributed by atoms with Crippen molar-refractivity contribution >= 4 is 11.6 Å². The van der Waals surface area contributed by atoms with E-state index in [-0.39, 0.29) is 12.0 Å². The van der Waals surface area contributed by atoms with E-state index in [1.165, 1.54) is 12.1 Å². The molecule has 9 heteroatoms. The molecule has 4 aromatic rings. The Balaban J connectivity index is 1.53. The number of rotatable bonds is 5. The molecule has 0 aliphatic heterocycles. The maximum absolute atomic E-state index is 12.9. The van der Waals surface area contributed by atoms with Crippen molar-refractivity contribution in [2.45, 2.75) is 12.6 Å². The molecule has 2 heterocycles. The summed E-state index contributed by atoms with van der Waals surface area (Å²) in [7, 11) is 0. The fraction of sp³-hybridized carbons (Fsp3) is 0.0909. The van der Waals surface area contributed by atoms with E-state index in [4.69, 9.17) is 4.52 Å². The third-order valence-corrected chi connectivity index (χ3v) is 4.47. The van der Waals surface area contributed by atoms with Gasteiger partial charge in [-0.1, -0.05) is 29.4 Å². The standard InChI is InChI=1S/C22H15F3N4O2/c23-22(24,25)17-6-3-5-16(12-17)21(30)27-18-7-2-1-4-15(18)13-19-28-20(29-31-19)14-8-10-26-11-9-14/h1-12H,13H2,(H,27,30). The molecule has 0 aliphatic rings.